The summed E-state index contributed by atoms with van der Waals surface area (Å²) in [7, 11) is 0. The zero-order valence-electron chi connectivity index (χ0n) is 9.81. The van der Waals surface area contributed by atoms with E-state index in [2.05, 4.69) is 0 Å². The van der Waals surface area contributed by atoms with Crippen LogP contribution in [0.2, 0.25) is 0 Å². The molecule has 1 aromatic rings. The van der Waals surface area contributed by atoms with Crippen molar-refractivity contribution in [3.8, 4) is 6.07 Å². The van der Waals surface area contributed by atoms with Crippen molar-refractivity contribution in [2.75, 3.05) is 13.1 Å². The van der Waals surface area contributed by atoms with Crippen LogP contribution in [0.4, 0.5) is 8.78 Å². The number of aliphatic hydroxyl groups excluding tert-OH is 1. The summed E-state index contributed by atoms with van der Waals surface area (Å²) < 4.78 is 26.1. The average molecular weight is 252 g/mol. The third-order valence-corrected chi connectivity index (χ3v) is 3.22. The van der Waals surface area contributed by atoms with E-state index in [1.165, 1.54) is 6.07 Å². The first kappa shape index (κ1) is 12.9. The van der Waals surface area contributed by atoms with E-state index in [1.54, 1.807) is 0 Å². The average Bonchev–Trinajstić information content (AvgIpc) is 2.71. The molecule has 2 atom stereocenters. The zero-order chi connectivity index (χ0) is 13.1. The Morgan fingerprint density at radius 1 is 1.39 bits per heavy atom. The van der Waals surface area contributed by atoms with Gasteiger partial charge in [0.1, 0.15) is 0 Å². The van der Waals surface area contributed by atoms with Crippen LogP contribution in [0.1, 0.15) is 24.4 Å². The quantitative estimate of drug-likeness (QED) is 0.894. The lowest BCUT2D eigenvalue weighted by atomic mass is 10.0. The standard InChI is InChI=1S/C13H14F2N2O/c14-11-3-2-9(6-12(11)15)13-7-10(18)8-17(13)5-1-4-16/h2-3,6,10,13,18H,1,5,7-8H2/t10-,13-/m1/s1. The lowest BCUT2D eigenvalue weighted by Gasteiger charge is -2.23. The van der Waals surface area contributed by atoms with Crippen LogP contribution in [-0.4, -0.2) is 29.2 Å². The smallest absolute Gasteiger partial charge is 0.159 e. The highest BCUT2D eigenvalue weighted by molar-refractivity contribution is 5.22. The molecular formula is C13H14F2N2O. The second-order valence-corrected chi connectivity index (χ2v) is 4.48. The molecule has 1 fully saturated rings. The second kappa shape index (κ2) is 5.42. The second-order valence-electron chi connectivity index (χ2n) is 4.48. The van der Waals surface area contributed by atoms with Crippen molar-refractivity contribution < 1.29 is 13.9 Å². The fourth-order valence-corrected chi connectivity index (χ4v) is 2.39. The maximum atomic E-state index is 13.2. The van der Waals surface area contributed by atoms with Gasteiger partial charge in [0.05, 0.1) is 12.2 Å². The number of hydrogen-bond donors (Lipinski definition) is 1. The molecule has 1 saturated heterocycles. The minimum Gasteiger partial charge on any atom is -0.392 e. The van der Waals surface area contributed by atoms with Crippen LogP contribution in [0.3, 0.4) is 0 Å². The molecule has 3 nitrogen and oxygen atoms in total. The predicted molar refractivity (Wildman–Crippen MR) is 61.5 cm³/mol. The summed E-state index contributed by atoms with van der Waals surface area (Å²) in [5.74, 6) is -1.75. The molecule has 18 heavy (non-hydrogen) atoms. The fraction of sp³-hybridized carbons (Fsp3) is 0.462. The maximum Gasteiger partial charge on any atom is 0.159 e. The van der Waals surface area contributed by atoms with E-state index < -0.39 is 17.7 Å². The molecule has 1 aliphatic rings. The van der Waals surface area contributed by atoms with Gasteiger partial charge in [0.15, 0.2) is 11.6 Å². The number of likely N-dealkylation sites (tertiary alicyclic amines) is 1. The summed E-state index contributed by atoms with van der Waals surface area (Å²) in [4.78, 5) is 1.93. The summed E-state index contributed by atoms with van der Waals surface area (Å²) >= 11 is 0. The van der Waals surface area contributed by atoms with Gasteiger partial charge in [-0.05, 0) is 24.1 Å². The van der Waals surface area contributed by atoms with E-state index in [4.69, 9.17) is 5.26 Å². The normalized spacial score (nSPS) is 24.1. The summed E-state index contributed by atoms with van der Waals surface area (Å²) in [5.41, 5.74) is 0.642. The van der Waals surface area contributed by atoms with Crippen LogP contribution in [0.25, 0.3) is 0 Å². The van der Waals surface area contributed by atoms with Gasteiger partial charge < -0.3 is 5.11 Å². The highest BCUT2D eigenvalue weighted by Crippen LogP contribution is 2.32. The molecule has 0 aromatic heterocycles. The summed E-state index contributed by atoms with van der Waals surface area (Å²) in [6, 6.07) is 5.68. The lowest BCUT2D eigenvalue weighted by Crippen LogP contribution is -2.25. The molecule has 5 heteroatoms. The molecule has 1 aliphatic heterocycles. The minimum atomic E-state index is -0.880. The molecule has 0 amide bonds. The van der Waals surface area contributed by atoms with Crippen molar-refractivity contribution >= 4 is 0 Å². The van der Waals surface area contributed by atoms with Crippen molar-refractivity contribution in [1.29, 1.82) is 5.26 Å². The molecule has 0 bridgehead atoms. The molecular weight excluding hydrogens is 238 g/mol. The van der Waals surface area contributed by atoms with Gasteiger partial charge in [-0.1, -0.05) is 6.07 Å². The molecule has 96 valence electrons. The Morgan fingerprint density at radius 2 is 2.17 bits per heavy atom. The molecule has 0 radical (unpaired) electrons. The molecule has 0 aliphatic carbocycles. The number of hydrogen-bond acceptors (Lipinski definition) is 3. The Kier molecular flexibility index (Phi) is 3.90. The van der Waals surface area contributed by atoms with Crippen LogP contribution < -0.4 is 0 Å². The number of nitriles is 1. The topological polar surface area (TPSA) is 47.3 Å². The van der Waals surface area contributed by atoms with Gasteiger partial charge in [-0.25, -0.2) is 8.78 Å². The van der Waals surface area contributed by atoms with E-state index in [1.807, 2.05) is 11.0 Å². The first-order valence-electron chi connectivity index (χ1n) is 5.86. The van der Waals surface area contributed by atoms with Gasteiger partial charge in [-0.3, -0.25) is 4.90 Å². The highest BCUT2D eigenvalue weighted by Gasteiger charge is 2.31. The number of aliphatic hydroxyl groups is 1. The van der Waals surface area contributed by atoms with Crippen molar-refractivity contribution in [3.63, 3.8) is 0 Å². The molecule has 1 aromatic carbocycles. The Morgan fingerprint density at radius 3 is 2.83 bits per heavy atom. The van der Waals surface area contributed by atoms with E-state index in [-0.39, 0.29) is 6.04 Å². The molecule has 0 unspecified atom stereocenters. The SMILES string of the molecule is N#CCCN1C[C@H](O)C[C@@H]1c1ccc(F)c(F)c1. The number of benzene rings is 1. The summed E-state index contributed by atoms with van der Waals surface area (Å²) in [6.45, 7) is 0.989. The van der Waals surface area contributed by atoms with E-state index in [9.17, 15) is 13.9 Å². The summed E-state index contributed by atoms with van der Waals surface area (Å²) in [6.07, 6.45) is 0.352. The Hall–Kier alpha value is -1.51. The zero-order valence-corrected chi connectivity index (χ0v) is 9.81. The minimum absolute atomic E-state index is 0.150. The number of halogens is 2. The maximum absolute atomic E-state index is 13.2. The van der Waals surface area contributed by atoms with Crippen molar-refractivity contribution in [2.45, 2.75) is 25.0 Å². The molecule has 1 N–H and O–H groups in total. The van der Waals surface area contributed by atoms with Crippen molar-refractivity contribution in [1.82, 2.24) is 4.90 Å². The molecule has 1 heterocycles. The Balaban J connectivity index is 2.19. The van der Waals surface area contributed by atoms with Gasteiger partial charge in [0.25, 0.3) is 0 Å². The van der Waals surface area contributed by atoms with Crippen molar-refractivity contribution in [3.05, 3.63) is 35.4 Å². The number of β-amino-alcohol motifs (C(OH)–C–C–N with tert-alkyl or cyclic N) is 1. The van der Waals surface area contributed by atoms with E-state index in [0.29, 0.717) is 31.5 Å². The molecule has 2 rings (SSSR count). The lowest BCUT2D eigenvalue weighted by molar-refractivity contribution is 0.176. The first-order valence-corrected chi connectivity index (χ1v) is 5.86. The molecule has 0 spiro atoms. The van der Waals surface area contributed by atoms with Crippen LogP contribution >= 0.6 is 0 Å². The van der Waals surface area contributed by atoms with Crippen molar-refractivity contribution in [2.24, 2.45) is 0 Å². The Bertz CT molecular complexity index is 473. The first-order chi connectivity index (χ1) is 8.61. The third kappa shape index (κ3) is 2.66. The summed E-state index contributed by atoms with van der Waals surface area (Å²) in [5, 5.41) is 18.2. The van der Waals surface area contributed by atoms with Crippen LogP contribution in [0.5, 0.6) is 0 Å². The van der Waals surface area contributed by atoms with Crippen LogP contribution in [0.15, 0.2) is 18.2 Å². The predicted octanol–water partition coefficient (Wildman–Crippen LogP) is 1.99. The number of nitrogens with zero attached hydrogens (tertiary/aromatic N) is 2. The monoisotopic (exact) mass is 252 g/mol. The van der Waals surface area contributed by atoms with Gasteiger partial charge in [-0.2, -0.15) is 5.26 Å². The van der Waals surface area contributed by atoms with E-state index >= 15 is 0 Å². The largest absolute Gasteiger partial charge is 0.392 e. The fourth-order valence-electron chi connectivity index (χ4n) is 2.39. The van der Waals surface area contributed by atoms with Gasteiger partial charge in [-0.15, -0.1) is 0 Å². The van der Waals surface area contributed by atoms with E-state index in [0.717, 1.165) is 12.1 Å². The van der Waals surface area contributed by atoms with Gasteiger partial charge >= 0.3 is 0 Å². The van der Waals surface area contributed by atoms with Crippen LogP contribution in [-0.2, 0) is 0 Å². The highest BCUT2D eigenvalue weighted by atomic mass is 19.2. The van der Waals surface area contributed by atoms with Gasteiger partial charge in [0.2, 0.25) is 0 Å². The number of rotatable bonds is 3. The van der Waals surface area contributed by atoms with Gasteiger partial charge in [0, 0.05) is 25.6 Å². The third-order valence-electron chi connectivity index (χ3n) is 3.22. The van der Waals surface area contributed by atoms with Crippen LogP contribution in [0, 0.1) is 23.0 Å². The Labute approximate surface area is 104 Å². The molecule has 0 saturated carbocycles.